The van der Waals surface area contributed by atoms with E-state index in [9.17, 15) is 0 Å². The lowest BCUT2D eigenvalue weighted by Gasteiger charge is -2.18. The summed E-state index contributed by atoms with van der Waals surface area (Å²) in [6.07, 6.45) is 2.88. The summed E-state index contributed by atoms with van der Waals surface area (Å²) in [4.78, 5) is 2.30. The molecule has 0 N–H and O–H groups in total. The zero-order valence-corrected chi connectivity index (χ0v) is 12.4. The van der Waals surface area contributed by atoms with Gasteiger partial charge in [0.1, 0.15) is 0 Å². The maximum atomic E-state index is 3.82. The van der Waals surface area contributed by atoms with Crippen molar-refractivity contribution in [1.29, 1.82) is 0 Å². The maximum absolute atomic E-state index is 3.82. The first-order valence-corrected chi connectivity index (χ1v) is 6.84. The van der Waals surface area contributed by atoms with Gasteiger partial charge >= 0.3 is 0 Å². The smallest absolute Gasteiger partial charge is 0.0607 e. The lowest BCUT2D eigenvalue weighted by Crippen LogP contribution is -2.23. The van der Waals surface area contributed by atoms with E-state index < -0.39 is 0 Å². The number of hydrogen-bond donors (Lipinski definition) is 0. The van der Waals surface area contributed by atoms with E-state index in [1.54, 1.807) is 0 Å². The topological polar surface area (TPSA) is 3.24 Å². The first-order chi connectivity index (χ1) is 9.01. The standard InChI is InChI=1S/C18H25N/c1-5-14-19(15-10-9-13-18(2,3)4)16-17-11-7-6-8-12-17/h5-8,11-12H,1,13-16H2,2-4H3. The Morgan fingerprint density at radius 2 is 1.84 bits per heavy atom. The highest BCUT2D eigenvalue weighted by Crippen LogP contribution is 2.16. The summed E-state index contributed by atoms with van der Waals surface area (Å²) in [5.74, 6) is 6.55. The van der Waals surface area contributed by atoms with Crippen molar-refractivity contribution in [2.75, 3.05) is 13.1 Å². The van der Waals surface area contributed by atoms with Crippen LogP contribution >= 0.6 is 0 Å². The summed E-state index contributed by atoms with van der Waals surface area (Å²) in [6, 6.07) is 10.5. The number of rotatable bonds is 5. The van der Waals surface area contributed by atoms with Crippen molar-refractivity contribution in [3.63, 3.8) is 0 Å². The van der Waals surface area contributed by atoms with Gasteiger partial charge in [-0.1, -0.05) is 63.1 Å². The Bertz CT molecular complexity index is 428. The second-order valence-electron chi connectivity index (χ2n) is 6.03. The highest BCUT2D eigenvalue weighted by molar-refractivity contribution is 5.15. The van der Waals surface area contributed by atoms with Gasteiger partial charge < -0.3 is 0 Å². The van der Waals surface area contributed by atoms with Crippen LogP contribution in [0.2, 0.25) is 0 Å². The normalized spacial score (nSPS) is 10.9. The average Bonchev–Trinajstić information content (AvgIpc) is 2.35. The lowest BCUT2D eigenvalue weighted by atomic mass is 9.93. The van der Waals surface area contributed by atoms with Crippen LogP contribution in [-0.4, -0.2) is 18.0 Å². The van der Waals surface area contributed by atoms with Gasteiger partial charge in [0.25, 0.3) is 0 Å². The molecule has 0 bridgehead atoms. The van der Waals surface area contributed by atoms with Gasteiger partial charge in [-0.2, -0.15) is 0 Å². The highest BCUT2D eigenvalue weighted by Gasteiger charge is 2.07. The molecule has 0 aliphatic carbocycles. The molecule has 1 aromatic carbocycles. The minimum atomic E-state index is 0.287. The zero-order chi connectivity index (χ0) is 14.1. The van der Waals surface area contributed by atoms with E-state index in [2.05, 4.69) is 68.4 Å². The molecule has 1 aromatic rings. The molecule has 1 rings (SSSR count). The van der Waals surface area contributed by atoms with Crippen LogP contribution in [0.1, 0.15) is 32.8 Å². The molecular formula is C18H25N. The molecule has 19 heavy (non-hydrogen) atoms. The molecule has 0 fully saturated rings. The van der Waals surface area contributed by atoms with Gasteiger partial charge in [-0.05, 0) is 11.0 Å². The van der Waals surface area contributed by atoms with E-state index in [1.807, 2.05) is 12.1 Å². The molecule has 1 heteroatoms. The molecule has 102 valence electrons. The highest BCUT2D eigenvalue weighted by atomic mass is 15.1. The van der Waals surface area contributed by atoms with E-state index in [1.165, 1.54) is 5.56 Å². The number of hydrogen-bond acceptors (Lipinski definition) is 1. The molecule has 0 heterocycles. The third-order valence-electron chi connectivity index (χ3n) is 2.68. The Hall–Kier alpha value is -1.52. The van der Waals surface area contributed by atoms with Crippen molar-refractivity contribution >= 4 is 0 Å². The largest absolute Gasteiger partial charge is 0.284 e. The van der Waals surface area contributed by atoms with Crippen LogP contribution in [0.5, 0.6) is 0 Å². The molecule has 0 saturated carbocycles. The first-order valence-electron chi connectivity index (χ1n) is 6.84. The molecular weight excluding hydrogens is 230 g/mol. The van der Waals surface area contributed by atoms with Crippen LogP contribution in [0.3, 0.4) is 0 Å². The van der Waals surface area contributed by atoms with Gasteiger partial charge in [0, 0.05) is 19.5 Å². The maximum Gasteiger partial charge on any atom is 0.0607 e. The van der Waals surface area contributed by atoms with Gasteiger partial charge in [-0.15, -0.1) is 12.5 Å². The van der Waals surface area contributed by atoms with Crippen LogP contribution in [-0.2, 0) is 6.54 Å². The monoisotopic (exact) mass is 255 g/mol. The fourth-order valence-corrected chi connectivity index (χ4v) is 1.70. The van der Waals surface area contributed by atoms with E-state index in [0.29, 0.717) is 0 Å². The summed E-state index contributed by atoms with van der Waals surface area (Å²) in [7, 11) is 0. The van der Waals surface area contributed by atoms with E-state index in [0.717, 1.165) is 26.1 Å². The van der Waals surface area contributed by atoms with Crippen LogP contribution < -0.4 is 0 Å². The molecule has 1 nitrogen and oxygen atoms in total. The van der Waals surface area contributed by atoms with Crippen molar-refractivity contribution in [3.05, 3.63) is 48.6 Å². The Balaban J connectivity index is 2.51. The van der Waals surface area contributed by atoms with Crippen molar-refractivity contribution in [1.82, 2.24) is 4.90 Å². The molecule has 0 saturated heterocycles. The fraction of sp³-hybridized carbons (Fsp3) is 0.444. The molecule has 0 spiro atoms. The third-order valence-corrected chi connectivity index (χ3v) is 2.68. The molecule has 0 amide bonds. The van der Waals surface area contributed by atoms with Gasteiger partial charge in [-0.25, -0.2) is 0 Å². The molecule has 0 radical (unpaired) electrons. The minimum Gasteiger partial charge on any atom is -0.284 e. The van der Waals surface area contributed by atoms with Gasteiger partial charge in [0.15, 0.2) is 0 Å². The van der Waals surface area contributed by atoms with Crippen molar-refractivity contribution in [2.24, 2.45) is 5.41 Å². The molecule has 0 aromatic heterocycles. The fourth-order valence-electron chi connectivity index (χ4n) is 1.70. The van der Waals surface area contributed by atoms with Gasteiger partial charge in [0.05, 0.1) is 6.54 Å². The second kappa shape index (κ2) is 7.81. The Morgan fingerprint density at radius 3 is 2.42 bits per heavy atom. The van der Waals surface area contributed by atoms with E-state index in [4.69, 9.17) is 0 Å². The summed E-state index contributed by atoms with van der Waals surface area (Å²) in [5, 5.41) is 0. The van der Waals surface area contributed by atoms with Crippen LogP contribution in [0.25, 0.3) is 0 Å². The molecule has 0 atom stereocenters. The average molecular weight is 255 g/mol. The van der Waals surface area contributed by atoms with Gasteiger partial charge in [0.2, 0.25) is 0 Å². The van der Waals surface area contributed by atoms with Crippen LogP contribution in [0.15, 0.2) is 43.0 Å². The van der Waals surface area contributed by atoms with E-state index >= 15 is 0 Å². The predicted molar refractivity (Wildman–Crippen MR) is 83.8 cm³/mol. The zero-order valence-electron chi connectivity index (χ0n) is 12.4. The summed E-state index contributed by atoms with van der Waals surface area (Å²) >= 11 is 0. The lowest BCUT2D eigenvalue weighted by molar-refractivity contribution is 0.332. The van der Waals surface area contributed by atoms with Gasteiger partial charge in [-0.3, -0.25) is 4.90 Å². The van der Waals surface area contributed by atoms with Crippen LogP contribution in [0, 0.1) is 17.3 Å². The molecule has 0 aliphatic heterocycles. The quantitative estimate of drug-likeness (QED) is 0.565. The summed E-state index contributed by atoms with van der Waals surface area (Å²) in [5.41, 5.74) is 1.61. The number of benzene rings is 1. The molecule has 0 aliphatic rings. The summed E-state index contributed by atoms with van der Waals surface area (Å²) < 4.78 is 0. The van der Waals surface area contributed by atoms with E-state index in [-0.39, 0.29) is 5.41 Å². The number of nitrogens with zero attached hydrogens (tertiary/aromatic N) is 1. The predicted octanol–water partition coefficient (Wildman–Crippen LogP) is 4.11. The first kappa shape index (κ1) is 15.5. The molecule has 0 unspecified atom stereocenters. The Kier molecular flexibility index (Phi) is 6.39. The minimum absolute atomic E-state index is 0.287. The van der Waals surface area contributed by atoms with Crippen LogP contribution in [0.4, 0.5) is 0 Å². The van der Waals surface area contributed by atoms with Crippen molar-refractivity contribution < 1.29 is 0 Å². The third kappa shape index (κ3) is 7.49. The second-order valence-corrected chi connectivity index (χ2v) is 6.03. The SMILES string of the molecule is C=CCN(CC#CCC(C)(C)C)Cc1ccccc1. The summed E-state index contributed by atoms with van der Waals surface area (Å²) in [6.45, 7) is 13.1. The Morgan fingerprint density at radius 1 is 1.16 bits per heavy atom. The van der Waals surface area contributed by atoms with Crippen molar-refractivity contribution in [3.8, 4) is 11.8 Å². The Labute approximate surface area is 118 Å². The van der Waals surface area contributed by atoms with Crippen molar-refractivity contribution in [2.45, 2.75) is 33.7 Å².